The SMILES string of the molecule is Fc1cc([C@H]2C3=C(c4ccc5c6c(ccc3c46)CC5)[C@@H](c3cc(F)c(F)c(F)c3)[C@H]3[C@@H]2[C@@H]2C=C[C@H]3C2)cc(F)c1F. The number of fused-ring (bicyclic) bond motifs is 7. The van der Waals surface area contributed by atoms with E-state index >= 15 is 0 Å². The average Bonchev–Trinajstić information content (AvgIpc) is 3.74. The minimum absolute atomic E-state index is 0.0718. The van der Waals surface area contributed by atoms with Crippen LogP contribution in [0.1, 0.15) is 51.6 Å². The third-order valence-electron chi connectivity index (χ3n) is 10.6. The van der Waals surface area contributed by atoms with E-state index < -0.39 is 46.7 Å². The smallest absolute Gasteiger partial charge is 0.194 e. The Labute approximate surface area is 232 Å². The molecule has 0 unspecified atom stereocenters. The highest BCUT2D eigenvalue weighted by Gasteiger charge is 2.58. The van der Waals surface area contributed by atoms with Gasteiger partial charge in [0.2, 0.25) is 0 Å². The number of halogens is 6. The molecule has 6 atom stereocenters. The molecule has 204 valence electrons. The fourth-order valence-electron chi connectivity index (χ4n) is 9.25. The highest BCUT2D eigenvalue weighted by atomic mass is 19.2. The van der Waals surface area contributed by atoms with E-state index in [1.54, 1.807) is 0 Å². The summed E-state index contributed by atoms with van der Waals surface area (Å²) in [6.45, 7) is 0. The first kappa shape index (κ1) is 23.9. The molecule has 0 amide bonds. The summed E-state index contributed by atoms with van der Waals surface area (Å²) in [6, 6.07) is 12.8. The molecule has 1 fully saturated rings. The second-order valence-corrected chi connectivity index (χ2v) is 12.3. The second-order valence-electron chi connectivity index (χ2n) is 12.3. The topological polar surface area (TPSA) is 0 Å². The van der Waals surface area contributed by atoms with E-state index in [2.05, 4.69) is 36.4 Å². The van der Waals surface area contributed by atoms with Crippen LogP contribution in [-0.4, -0.2) is 0 Å². The van der Waals surface area contributed by atoms with Gasteiger partial charge in [0.15, 0.2) is 34.9 Å². The Morgan fingerprint density at radius 3 is 1.34 bits per heavy atom. The van der Waals surface area contributed by atoms with E-state index in [4.69, 9.17) is 0 Å². The number of rotatable bonds is 2. The molecule has 0 nitrogen and oxygen atoms in total. The van der Waals surface area contributed by atoms with Gasteiger partial charge in [0.1, 0.15) is 0 Å². The highest BCUT2D eigenvalue weighted by molar-refractivity contribution is 6.18. The van der Waals surface area contributed by atoms with Gasteiger partial charge in [-0.2, -0.15) is 0 Å². The number of allylic oxidation sites excluding steroid dienone is 4. The third-order valence-corrected chi connectivity index (χ3v) is 10.6. The standard InChI is InChI=1S/C35H22F6/c36-22-10-18(11-23(37)34(22)40)29-27-16-3-4-17(9-16)28(27)30(19-12-24(38)35(41)25(39)13-19)33-21-8-6-15-2-1-14-5-7-20(32(29)33)31(21)26(14)15/h3-8,10-13,16-17,27-30H,1-2,9H2/t16-,17+,27+,28-,29-,30+. The molecule has 0 aliphatic heterocycles. The molecule has 9 rings (SSSR count). The summed E-state index contributed by atoms with van der Waals surface area (Å²) < 4.78 is 87.5. The van der Waals surface area contributed by atoms with E-state index in [1.807, 2.05) is 0 Å². The largest absolute Gasteiger partial charge is 0.204 e. The van der Waals surface area contributed by atoms with Gasteiger partial charge in [-0.1, -0.05) is 36.4 Å². The van der Waals surface area contributed by atoms with Gasteiger partial charge in [-0.3, -0.25) is 0 Å². The summed E-state index contributed by atoms with van der Waals surface area (Å²) >= 11 is 0. The minimum atomic E-state index is -1.50. The van der Waals surface area contributed by atoms with Crippen molar-refractivity contribution in [2.24, 2.45) is 23.7 Å². The molecule has 4 aromatic carbocycles. The van der Waals surface area contributed by atoms with Crippen molar-refractivity contribution >= 4 is 21.9 Å². The van der Waals surface area contributed by atoms with E-state index in [1.165, 1.54) is 16.5 Å². The summed E-state index contributed by atoms with van der Waals surface area (Å²) in [5.41, 5.74) is 6.83. The van der Waals surface area contributed by atoms with Gasteiger partial charge in [0, 0.05) is 11.8 Å². The average molecular weight is 557 g/mol. The van der Waals surface area contributed by atoms with Crippen molar-refractivity contribution < 1.29 is 26.3 Å². The molecular formula is C35H22F6. The third kappa shape index (κ3) is 2.93. The van der Waals surface area contributed by atoms with Gasteiger partial charge in [-0.15, -0.1) is 0 Å². The molecule has 4 aromatic rings. The molecular weight excluding hydrogens is 534 g/mol. The van der Waals surface area contributed by atoms with Crippen molar-refractivity contribution in [1.29, 1.82) is 0 Å². The van der Waals surface area contributed by atoms with Crippen molar-refractivity contribution in [2.45, 2.75) is 31.1 Å². The molecule has 0 heterocycles. The van der Waals surface area contributed by atoms with Crippen LogP contribution in [0.5, 0.6) is 0 Å². The molecule has 0 spiro atoms. The molecule has 0 saturated heterocycles. The Balaban J connectivity index is 1.40. The molecule has 0 N–H and O–H groups in total. The Kier molecular flexibility index (Phi) is 4.62. The summed E-state index contributed by atoms with van der Waals surface area (Å²) in [4.78, 5) is 0. The van der Waals surface area contributed by atoms with Gasteiger partial charge in [0.05, 0.1) is 0 Å². The van der Waals surface area contributed by atoms with Crippen molar-refractivity contribution in [1.82, 2.24) is 0 Å². The van der Waals surface area contributed by atoms with Crippen LogP contribution in [0.2, 0.25) is 0 Å². The maximum absolute atomic E-state index is 14.8. The fraction of sp³-hybridized carbons (Fsp3) is 0.257. The Bertz CT molecular complexity index is 1750. The molecule has 0 radical (unpaired) electrons. The van der Waals surface area contributed by atoms with E-state index in [9.17, 15) is 26.3 Å². The van der Waals surface area contributed by atoms with Gasteiger partial charge in [0.25, 0.3) is 0 Å². The van der Waals surface area contributed by atoms with Crippen molar-refractivity contribution in [3.8, 4) is 0 Å². The molecule has 5 aliphatic rings. The monoisotopic (exact) mass is 556 g/mol. The lowest BCUT2D eigenvalue weighted by atomic mass is 9.57. The van der Waals surface area contributed by atoms with Crippen LogP contribution in [0.3, 0.4) is 0 Å². The quantitative estimate of drug-likeness (QED) is 0.131. The molecule has 1 saturated carbocycles. The zero-order valence-corrected chi connectivity index (χ0v) is 21.6. The van der Waals surface area contributed by atoms with Gasteiger partial charge in [-0.05, 0) is 122 Å². The summed E-state index contributed by atoms with van der Waals surface area (Å²) in [6.07, 6.45) is 6.90. The molecule has 2 bridgehead atoms. The lowest BCUT2D eigenvalue weighted by Gasteiger charge is -2.46. The van der Waals surface area contributed by atoms with E-state index in [-0.39, 0.29) is 23.7 Å². The van der Waals surface area contributed by atoms with Crippen LogP contribution in [0.25, 0.3) is 21.9 Å². The summed E-state index contributed by atoms with van der Waals surface area (Å²) in [5, 5.41) is 2.23. The van der Waals surface area contributed by atoms with Gasteiger partial charge in [-0.25, -0.2) is 26.3 Å². The van der Waals surface area contributed by atoms with Crippen LogP contribution >= 0.6 is 0 Å². The van der Waals surface area contributed by atoms with Gasteiger partial charge < -0.3 is 0 Å². The Hall–Kier alpha value is -3.80. The van der Waals surface area contributed by atoms with Crippen LogP contribution in [0.15, 0.2) is 60.7 Å². The predicted molar refractivity (Wildman–Crippen MR) is 144 cm³/mol. The zero-order chi connectivity index (χ0) is 27.9. The second kappa shape index (κ2) is 7.93. The first-order chi connectivity index (χ1) is 19.8. The number of hydrogen-bond acceptors (Lipinski definition) is 0. The maximum Gasteiger partial charge on any atom is 0.194 e. The number of benzene rings is 4. The zero-order valence-electron chi connectivity index (χ0n) is 21.6. The van der Waals surface area contributed by atoms with Crippen LogP contribution in [0.4, 0.5) is 26.3 Å². The highest BCUT2D eigenvalue weighted by Crippen LogP contribution is 2.70. The van der Waals surface area contributed by atoms with E-state index in [0.717, 1.165) is 71.2 Å². The van der Waals surface area contributed by atoms with Crippen LogP contribution < -0.4 is 0 Å². The van der Waals surface area contributed by atoms with Crippen molar-refractivity contribution in [2.75, 3.05) is 0 Å². The molecule has 0 aromatic heterocycles. The van der Waals surface area contributed by atoms with Crippen LogP contribution in [-0.2, 0) is 12.8 Å². The van der Waals surface area contributed by atoms with E-state index in [0.29, 0.717) is 11.1 Å². The number of aryl methyl sites for hydroxylation is 2. The fourth-order valence-corrected chi connectivity index (χ4v) is 9.25. The number of hydrogen-bond donors (Lipinski definition) is 0. The maximum atomic E-state index is 14.8. The van der Waals surface area contributed by atoms with Gasteiger partial charge >= 0.3 is 0 Å². The molecule has 41 heavy (non-hydrogen) atoms. The van der Waals surface area contributed by atoms with Crippen molar-refractivity contribution in [3.63, 3.8) is 0 Å². The minimum Gasteiger partial charge on any atom is -0.204 e. The van der Waals surface area contributed by atoms with Crippen molar-refractivity contribution in [3.05, 3.63) is 129 Å². The first-order valence-corrected chi connectivity index (χ1v) is 14.1. The summed E-state index contributed by atoms with van der Waals surface area (Å²) in [7, 11) is 0. The van der Waals surface area contributed by atoms with Crippen LogP contribution in [0, 0.1) is 58.6 Å². The normalized spacial score (nSPS) is 28.2. The first-order valence-electron chi connectivity index (χ1n) is 14.1. The molecule has 6 heteroatoms. The lowest BCUT2D eigenvalue weighted by molar-refractivity contribution is 0.258. The Morgan fingerprint density at radius 2 is 0.927 bits per heavy atom. The molecule has 5 aliphatic carbocycles. The lowest BCUT2D eigenvalue weighted by Crippen LogP contribution is -2.36. The summed E-state index contributed by atoms with van der Waals surface area (Å²) in [5.74, 6) is -9.04. The Morgan fingerprint density at radius 1 is 0.512 bits per heavy atom. The predicted octanol–water partition coefficient (Wildman–Crippen LogP) is 9.02.